The Kier molecular flexibility index (Phi) is 5.80. The van der Waals surface area contributed by atoms with Gasteiger partial charge in [0.15, 0.2) is 0 Å². The van der Waals surface area contributed by atoms with Gasteiger partial charge in [-0.1, -0.05) is 30.3 Å². The second-order valence-corrected chi connectivity index (χ2v) is 6.15. The molecule has 0 aliphatic rings. The van der Waals surface area contributed by atoms with E-state index in [0.29, 0.717) is 23.8 Å². The van der Waals surface area contributed by atoms with Gasteiger partial charge >= 0.3 is 0 Å². The van der Waals surface area contributed by atoms with E-state index in [1.165, 1.54) is 5.56 Å². The fraction of sp³-hybridized carbons (Fsp3) is 0.200. The van der Waals surface area contributed by atoms with Crippen LogP contribution in [0.15, 0.2) is 59.0 Å². The molecule has 0 aliphatic carbocycles. The minimum atomic E-state index is 0.363. The van der Waals surface area contributed by atoms with Crippen LogP contribution < -0.4 is 4.74 Å². The molecular weight excluding hydrogens is 334 g/mol. The molecular formula is C20H19NO3S. The Morgan fingerprint density at radius 2 is 1.88 bits per heavy atom. The van der Waals surface area contributed by atoms with E-state index in [0.717, 1.165) is 35.6 Å². The van der Waals surface area contributed by atoms with Crippen molar-refractivity contribution in [1.82, 2.24) is 4.98 Å². The molecule has 0 amide bonds. The van der Waals surface area contributed by atoms with Crippen molar-refractivity contribution in [3.63, 3.8) is 0 Å². The predicted octanol–water partition coefficient (Wildman–Crippen LogP) is 4.18. The van der Waals surface area contributed by atoms with E-state index in [4.69, 9.17) is 9.15 Å². The number of benzene rings is 2. The van der Waals surface area contributed by atoms with E-state index in [1.54, 1.807) is 5.37 Å². The Morgan fingerprint density at radius 1 is 1.12 bits per heavy atom. The zero-order valence-electron chi connectivity index (χ0n) is 14.0. The number of oxazole rings is 1. The van der Waals surface area contributed by atoms with Crippen molar-refractivity contribution in [2.45, 2.75) is 26.4 Å². The average molecular weight is 353 g/mol. The third-order valence-electron chi connectivity index (χ3n) is 3.83. The van der Waals surface area contributed by atoms with Crippen LogP contribution in [0.2, 0.25) is 0 Å². The lowest BCUT2D eigenvalue weighted by atomic mass is 10.1. The summed E-state index contributed by atoms with van der Waals surface area (Å²) in [6.07, 6.45) is 1.63. The summed E-state index contributed by atoms with van der Waals surface area (Å²) in [5.41, 5.74) is 2.93. The van der Waals surface area contributed by atoms with Gasteiger partial charge in [0.1, 0.15) is 23.8 Å². The molecule has 0 saturated heterocycles. The van der Waals surface area contributed by atoms with Gasteiger partial charge in [-0.3, -0.25) is 0 Å². The van der Waals surface area contributed by atoms with Crippen LogP contribution in [0.3, 0.4) is 0 Å². The van der Waals surface area contributed by atoms with Gasteiger partial charge in [-0.15, -0.1) is 0 Å². The minimum Gasteiger partial charge on any atom is -0.487 e. The Balaban J connectivity index is 1.62. The summed E-state index contributed by atoms with van der Waals surface area (Å²) >= 11 is 0.516. The number of nitrogens with zero attached hydrogens (tertiary/aromatic N) is 1. The molecule has 5 heteroatoms. The number of rotatable bonds is 7. The second-order valence-electron chi connectivity index (χ2n) is 5.62. The smallest absolute Gasteiger partial charge is 0.226 e. The predicted molar refractivity (Wildman–Crippen MR) is 100.0 cm³/mol. The van der Waals surface area contributed by atoms with Crippen LogP contribution in [0.1, 0.15) is 23.4 Å². The first-order chi connectivity index (χ1) is 12.3. The number of hydrogen-bond acceptors (Lipinski definition) is 4. The molecule has 1 aromatic heterocycles. The summed E-state index contributed by atoms with van der Waals surface area (Å²) in [6, 6.07) is 17.7. The van der Waals surface area contributed by atoms with Crippen LogP contribution in [-0.2, 0) is 24.3 Å². The molecule has 0 fully saturated rings. The van der Waals surface area contributed by atoms with E-state index in [-0.39, 0.29) is 0 Å². The lowest BCUT2D eigenvalue weighted by molar-refractivity contribution is 0.299. The van der Waals surface area contributed by atoms with Crippen molar-refractivity contribution in [2.24, 2.45) is 0 Å². The monoisotopic (exact) mass is 353 g/mol. The zero-order chi connectivity index (χ0) is 17.5. The average Bonchev–Trinajstić information content (AvgIpc) is 3.03. The van der Waals surface area contributed by atoms with Gasteiger partial charge in [0.2, 0.25) is 5.89 Å². The summed E-state index contributed by atoms with van der Waals surface area (Å²) < 4.78 is 21.9. The fourth-order valence-corrected chi connectivity index (χ4v) is 2.66. The summed E-state index contributed by atoms with van der Waals surface area (Å²) in [5, 5.41) is 1.67. The van der Waals surface area contributed by atoms with Gasteiger partial charge in [0.25, 0.3) is 0 Å². The lowest BCUT2D eigenvalue weighted by Gasteiger charge is -2.05. The topological polar surface area (TPSA) is 52.3 Å². The van der Waals surface area contributed by atoms with Crippen LogP contribution in [0.5, 0.6) is 5.75 Å². The normalized spacial score (nSPS) is 10.4. The van der Waals surface area contributed by atoms with Crippen LogP contribution in [0.4, 0.5) is 0 Å². The van der Waals surface area contributed by atoms with Crippen molar-refractivity contribution in [3.05, 3.63) is 71.6 Å². The molecule has 1 heterocycles. The molecule has 25 heavy (non-hydrogen) atoms. The highest BCUT2D eigenvalue weighted by molar-refractivity contribution is 7.64. The minimum absolute atomic E-state index is 0.363. The van der Waals surface area contributed by atoms with Crippen molar-refractivity contribution >= 4 is 16.6 Å². The maximum Gasteiger partial charge on any atom is 0.226 e. The Hall–Kier alpha value is -2.66. The third kappa shape index (κ3) is 4.67. The third-order valence-corrected chi connectivity index (χ3v) is 4.20. The number of aryl methyl sites for hydroxylation is 2. The van der Waals surface area contributed by atoms with Gasteiger partial charge in [-0.25, -0.2) is 9.19 Å². The first-order valence-corrected chi connectivity index (χ1v) is 8.90. The van der Waals surface area contributed by atoms with Crippen molar-refractivity contribution in [1.29, 1.82) is 0 Å². The number of hydrogen-bond donors (Lipinski definition) is 0. The first-order valence-electron chi connectivity index (χ1n) is 8.10. The molecule has 0 atom stereocenters. The molecule has 0 spiro atoms. The second kappa shape index (κ2) is 8.44. The molecule has 3 aromatic rings. The van der Waals surface area contributed by atoms with E-state index in [1.807, 2.05) is 61.5 Å². The first kappa shape index (κ1) is 17.2. The van der Waals surface area contributed by atoms with Gasteiger partial charge in [0.05, 0.1) is 11.3 Å². The molecule has 3 rings (SSSR count). The molecule has 0 aliphatic heterocycles. The molecule has 2 aromatic carbocycles. The van der Waals surface area contributed by atoms with Crippen molar-refractivity contribution in [3.8, 4) is 17.2 Å². The molecule has 4 nitrogen and oxygen atoms in total. The van der Waals surface area contributed by atoms with E-state index < -0.39 is 0 Å². The van der Waals surface area contributed by atoms with Crippen LogP contribution in [-0.4, -0.2) is 14.6 Å². The Morgan fingerprint density at radius 3 is 2.60 bits per heavy atom. The van der Waals surface area contributed by atoms with Crippen LogP contribution in [0, 0.1) is 6.92 Å². The van der Waals surface area contributed by atoms with Crippen LogP contribution >= 0.6 is 0 Å². The largest absolute Gasteiger partial charge is 0.487 e. The molecule has 0 saturated carbocycles. The highest BCUT2D eigenvalue weighted by atomic mass is 32.1. The summed E-state index contributed by atoms with van der Waals surface area (Å²) in [5.74, 6) is 2.16. The fourth-order valence-electron chi connectivity index (χ4n) is 2.44. The summed E-state index contributed by atoms with van der Waals surface area (Å²) in [7, 11) is 0. The highest BCUT2D eigenvalue weighted by Crippen LogP contribution is 2.22. The van der Waals surface area contributed by atoms with Gasteiger partial charge in [-0.05, 0) is 49.6 Å². The Labute approximate surface area is 150 Å². The standard InChI is InChI=1S/C20H19NO3S/c1-15-19(21-20(24-15)17-7-3-2-4-8-17)14-23-18-11-9-16(10-12-18)6-5-13-25-22/h2-4,7-13H,5-6,14H2,1H3. The number of aromatic nitrogens is 1. The quantitative estimate of drug-likeness (QED) is 0.598. The highest BCUT2D eigenvalue weighted by Gasteiger charge is 2.11. The zero-order valence-corrected chi connectivity index (χ0v) is 14.8. The van der Waals surface area contributed by atoms with Crippen LogP contribution in [0.25, 0.3) is 11.5 Å². The maximum absolute atomic E-state index is 10.3. The van der Waals surface area contributed by atoms with E-state index in [9.17, 15) is 4.21 Å². The molecule has 0 radical (unpaired) electrons. The maximum atomic E-state index is 10.3. The van der Waals surface area contributed by atoms with Gasteiger partial charge < -0.3 is 9.15 Å². The van der Waals surface area contributed by atoms with Crippen molar-refractivity contribution < 1.29 is 13.4 Å². The molecule has 0 unspecified atom stereocenters. The molecule has 0 N–H and O–H groups in total. The molecule has 0 bridgehead atoms. The summed E-state index contributed by atoms with van der Waals surface area (Å²) in [6.45, 7) is 2.26. The molecule has 128 valence electrons. The van der Waals surface area contributed by atoms with Crippen molar-refractivity contribution in [2.75, 3.05) is 0 Å². The van der Waals surface area contributed by atoms with Gasteiger partial charge in [0, 0.05) is 10.9 Å². The van der Waals surface area contributed by atoms with E-state index in [2.05, 4.69) is 4.98 Å². The SMILES string of the molecule is Cc1oc(-c2ccccc2)nc1COc1ccc(CCC=S=O)cc1. The summed E-state index contributed by atoms with van der Waals surface area (Å²) in [4.78, 5) is 4.53. The Bertz CT molecular complexity index is 866. The lowest BCUT2D eigenvalue weighted by Crippen LogP contribution is -1.98. The number of ether oxygens (including phenoxy) is 1. The van der Waals surface area contributed by atoms with Gasteiger partial charge in [-0.2, -0.15) is 0 Å². The van der Waals surface area contributed by atoms with E-state index >= 15 is 0 Å².